The van der Waals surface area contributed by atoms with E-state index in [2.05, 4.69) is 33.8 Å². The summed E-state index contributed by atoms with van der Waals surface area (Å²) < 4.78 is 0. The number of halogens is 2. The summed E-state index contributed by atoms with van der Waals surface area (Å²) in [4.78, 5) is 0. The minimum atomic E-state index is 0. The quantitative estimate of drug-likeness (QED) is 0.168. The Balaban J connectivity index is -0.000000270. The smallest absolute Gasteiger partial charge is 0 e. The summed E-state index contributed by atoms with van der Waals surface area (Å²) in [7, 11) is 0. The monoisotopic (exact) mass is 555 g/mol. The molecule has 1 unspecified atom stereocenters. The molecule has 0 bridgehead atoms. The van der Waals surface area contributed by atoms with Crippen LogP contribution in [0.3, 0.4) is 0 Å². The first-order chi connectivity index (χ1) is 4.13. The van der Waals surface area contributed by atoms with E-state index in [4.69, 9.17) is 0 Å². The maximum absolute atomic E-state index is 3.36. The van der Waals surface area contributed by atoms with Crippen LogP contribution in [0.2, 0.25) is 0 Å². The minimum absolute atomic E-state index is 0. The predicted octanol–water partition coefficient (Wildman–Crippen LogP) is -3.27. The van der Waals surface area contributed by atoms with Crippen LogP contribution in [0, 0.1) is 12.0 Å². The Hall–Kier alpha value is 1.81. The van der Waals surface area contributed by atoms with Crippen molar-refractivity contribution in [3.63, 3.8) is 0 Å². The molecule has 70 valence electrons. The van der Waals surface area contributed by atoms with Gasteiger partial charge in [-0.15, -0.1) is 6.92 Å². The summed E-state index contributed by atoms with van der Waals surface area (Å²) in [6.07, 6.45) is 3.36. The Morgan fingerprint density at radius 1 is 1.08 bits per heavy atom. The van der Waals surface area contributed by atoms with Gasteiger partial charge in [0.05, 0.1) is 0 Å². The number of allylic oxidation sites excluding steroid dienone is 4. The van der Waals surface area contributed by atoms with Crippen LogP contribution < -0.4 is 48.0 Å². The van der Waals surface area contributed by atoms with Crippen LogP contribution in [0.5, 0.6) is 0 Å². The van der Waals surface area contributed by atoms with Crippen LogP contribution in [0.15, 0.2) is 16.7 Å². The van der Waals surface area contributed by atoms with Gasteiger partial charge in [-0.05, 0) is 0 Å². The first-order valence-corrected chi connectivity index (χ1v) is 3.40. The van der Waals surface area contributed by atoms with Gasteiger partial charge >= 0.3 is 0 Å². The fourth-order valence-corrected chi connectivity index (χ4v) is 1.16. The van der Waals surface area contributed by atoms with Crippen LogP contribution >= 0.6 is 0 Å². The summed E-state index contributed by atoms with van der Waals surface area (Å²) in [5, 5.41) is 0. The van der Waals surface area contributed by atoms with Crippen molar-refractivity contribution in [2.75, 3.05) is 0 Å². The molecule has 1 rings (SSSR count). The maximum Gasteiger partial charge on any atom is 0 e. The molecule has 0 heterocycles. The van der Waals surface area contributed by atoms with Crippen LogP contribution in [0.4, 0.5) is 0 Å². The zero-order valence-electron chi connectivity index (χ0n) is 7.83. The summed E-state index contributed by atoms with van der Waals surface area (Å²) in [5.41, 5.74) is 4.25. The molecule has 0 aromatic carbocycles. The van der Waals surface area contributed by atoms with E-state index >= 15 is 0 Å². The largest absolute Gasteiger partial charge is 1.00 e. The van der Waals surface area contributed by atoms with Crippen LogP contribution in [-0.4, -0.2) is 0 Å². The van der Waals surface area contributed by atoms with Gasteiger partial charge in [-0.1, -0.05) is 26.7 Å². The van der Waals surface area contributed by atoms with E-state index in [0.717, 1.165) is 0 Å². The first kappa shape index (κ1) is 19.4. The average molecular weight is 554 g/mol. The van der Waals surface area contributed by atoms with E-state index in [-0.39, 0.29) is 73.8 Å². The van der Waals surface area contributed by atoms with Crippen molar-refractivity contribution < 1.29 is 73.8 Å². The molecule has 1 atom stereocenters. The summed E-state index contributed by atoms with van der Waals surface area (Å²) in [6, 6.07) is 0. The molecule has 0 saturated carbocycles. The second kappa shape index (κ2) is 8.15. The zero-order chi connectivity index (χ0) is 7.02. The van der Waals surface area contributed by atoms with Crippen molar-refractivity contribution in [3.05, 3.63) is 22.8 Å². The van der Waals surface area contributed by atoms with E-state index in [1.165, 1.54) is 16.7 Å². The standard InChI is InChI=1S/C9H13.Hf.2HI/c1-6-5-7(2)9(4)8(6)3;;;/h6H,1-4H3;;2*1H/q-1;;;/p-2. The van der Waals surface area contributed by atoms with Crippen molar-refractivity contribution in [2.45, 2.75) is 27.7 Å². The predicted molar refractivity (Wildman–Crippen MR) is 40.0 cm³/mol. The molecule has 0 radical (unpaired) electrons. The molecule has 1 aliphatic rings. The summed E-state index contributed by atoms with van der Waals surface area (Å²) in [6.45, 7) is 8.67. The van der Waals surface area contributed by atoms with E-state index in [9.17, 15) is 0 Å². The molecular weight excluding hydrogens is 540 g/mol. The minimum Gasteiger partial charge on any atom is -1.00 e. The van der Waals surface area contributed by atoms with E-state index in [1.807, 2.05) is 0 Å². The molecule has 0 nitrogen and oxygen atoms in total. The molecule has 0 N–H and O–H groups in total. The number of hydrogen-bond acceptors (Lipinski definition) is 0. The van der Waals surface area contributed by atoms with Crippen molar-refractivity contribution >= 4 is 0 Å². The molecule has 12 heavy (non-hydrogen) atoms. The van der Waals surface area contributed by atoms with Crippen molar-refractivity contribution in [3.8, 4) is 0 Å². The molecular formula is C9H13HfI2-3. The average Bonchev–Trinajstić information content (AvgIpc) is 1.98. The molecule has 0 spiro atoms. The van der Waals surface area contributed by atoms with Gasteiger partial charge in [-0.25, -0.2) is 5.57 Å². The van der Waals surface area contributed by atoms with Crippen LogP contribution in [0.1, 0.15) is 27.7 Å². The molecule has 0 aliphatic heterocycles. The Morgan fingerprint density at radius 2 is 1.50 bits per heavy atom. The zero-order valence-corrected chi connectivity index (χ0v) is 15.7. The van der Waals surface area contributed by atoms with Gasteiger partial charge in [0.25, 0.3) is 0 Å². The fourth-order valence-electron chi connectivity index (χ4n) is 1.16. The molecule has 1 aliphatic carbocycles. The SMILES string of the molecule is CC1=[C-]C(C)C(C)=C1C.[Hf].[I-].[I-]. The third kappa shape index (κ3) is 4.35. The van der Waals surface area contributed by atoms with E-state index < -0.39 is 0 Å². The molecule has 0 saturated heterocycles. The third-order valence-corrected chi connectivity index (χ3v) is 2.24. The third-order valence-electron chi connectivity index (χ3n) is 2.24. The van der Waals surface area contributed by atoms with Gasteiger partial charge in [0, 0.05) is 25.8 Å². The summed E-state index contributed by atoms with van der Waals surface area (Å²) in [5.74, 6) is 0.560. The Bertz CT molecular complexity index is 195. The van der Waals surface area contributed by atoms with Crippen LogP contribution in [0.25, 0.3) is 0 Å². The molecule has 0 aromatic heterocycles. The van der Waals surface area contributed by atoms with Gasteiger partial charge in [0.1, 0.15) is 0 Å². The van der Waals surface area contributed by atoms with Gasteiger partial charge in [-0.3, -0.25) is 6.08 Å². The van der Waals surface area contributed by atoms with Crippen molar-refractivity contribution in [2.24, 2.45) is 5.92 Å². The fraction of sp³-hybridized carbons (Fsp3) is 0.556. The molecule has 0 fully saturated rings. The summed E-state index contributed by atoms with van der Waals surface area (Å²) >= 11 is 0. The van der Waals surface area contributed by atoms with Gasteiger partial charge in [0.15, 0.2) is 0 Å². The number of rotatable bonds is 0. The second-order valence-corrected chi connectivity index (χ2v) is 2.80. The molecule has 0 amide bonds. The Kier molecular flexibility index (Phi) is 13.2. The Labute approximate surface area is 128 Å². The van der Waals surface area contributed by atoms with Gasteiger partial charge in [-0.2, -0.15) is 11.1 Å². The first-order valence-electron chi connectivity index (χ1n) is 3.40. The van der Waals surface area contributed by atoms with Crippen molar-refractivity contribution in [1.82, 2.24) is 0 Å². The van der Waals surface area contributed by atoms with Crippen molar-refractivity contribution in [1.29, 1.82) is 0 Å². The van der Waals surface area contributed by atoms with Gasteiger partial charge in [0.2, 0.25) is 0 Å². The topological polar surface area (TPSA) is 0 Å². The molecule has 0 aromatic rings. The molecule has 3 heteroatoms. The van der Waals surface area contributed by atoms with Gasteiger partial charge < -0.3 is 48.0 Å². The van der Waals surface area contributed by atoms with E-state index in [1.54, 1.807) is 0 Å². The number of hydrogen-bond donors (Lipinski definition) is 0. The van der Waals surface area contributed by atoms with Crippen LogP contribution in [-0.2, 0) is 25.8 Å². The maximum atomic E-state index is 3.36. The van der Waals surface area contributed by atoms with E-state index in [0.29, 0.717) is 5.92 Å². The Morgan fingerprint density at radius 3 is 1.58 bits per heavy atom. The second-order valence-electron chi connectivity index (χ2n) is 2.80. The normalized spacial score (nSPS) is 20.3.